The lowest BCUT2D eigenvalue weighted by molar-refractivity contribution is -0.617. The van der Waals surface area contributed by atoms with Gasteiger partial charge in [-0.15, -0.1) is 0 Å². The average molecular weight is 411 g/mol. The van der Waals surface area contributed by atoms with E-state index in [1.165, 1.54) is 49.7 Å². The molecule has 5 rings (SSSR count). The molecule has 0 unspecified atom stereocenters. The number of hydrogen-bond donors (Lipinski definition) is 0. The van der Waals surface area contributed by atoms with Gasteiger partial charge in [0, 0.05) is 11.8 Å². The minimum absolute atomic E-state index is 0.589. The van der Waals surface area contributed by atoms with Crippen molar-refractivity contribution in [1.82, 2.24) is 9.38 Å². The lowest BCUT2D eigenvalue weighted by atomic mass is 9.91. The van der Waals surface area contributed by atoms with Crippen LogP contribution in [0.1, 0.15) is 44.4 Å². The van der Waals surface area contributed by atoms with Crippen LogP contribution in [0.3, 0.4) is 0 Å². The largest absolute Gasteiger partial charge is 0.297 e. The molecule has 0 spiro atoms. The van der Waals surface area contributed by atoms with E-state index in [-0.39, 0.29) is 0 Å². The van der Waals surface area contributed by atoms with Crippen molar-refractivity contribution in [2.75, 3.05) is 0 Å². The van der Waals surface area contributed by atoms with Gasteiger partial charge in [-0.2, -0.15) is 4.40 Å². The van der Waals surface area contributed by atoms with Crippen molar-refractivity contribution in [3.05, 3.63) is 65.4 Å². The number of benzene rings is 2. The van der Waals surface area contributed by atoms with Crippen molar-refractivity contribution in [3.8, 4) is 0 Å². The molecule has 3 nitrogen and oxygen atoms in total. The number of aromatic nitrogens is 3. The van der Waals surface area contributed by atoms with E-state index < -0.39 is 0 Å². The van der Waals surface area contributed by atoms with Crippen molar-refractivity contribution >= 4 is 38.5 Å². The van der Waals surface area contributed by atoms with Crippen LogP contribution in [0.5, 0.6) is 0 Å². The van der Waals surface area contributed by atoms with Gasteiger partial charge in [-0.25, -0.2) is 4.57 Å². The molecule has 0 saturated carbocycles. The van der Waals surface area contributed by atoms with Gasteiger partial charge < -0.3 is 0 Å². The second kappa shape index (κ2) is 7.33. The summed E-state index contributed by atoms with van der Waals surface area (Å²) < 4.78 is 4.86. The zero-order valence-electron chi connectivity index (χ0n) is 19.5. The molecule has 0 saturated heterocycles. The van der Waals surface area contributed by atoms with E-state index in [1.807, 2.05) is 6.20 Å². The maximum Gasteiger partial charge on any atom is 0.297 e. The topological polar surface area (TPSA) is 21.2 Å². The first-order chi connectivity index (χ1) is 14.9. The Bertz CT molecular complexity index is 1450. The van der Waals surface area contributed by atoms with Crippen molar-refractivity contribution in [1.29, 1.82) is 0 Å². The Balaban J connectivity index is 2.15. The number of para-hydroxylation sites is 2. The van der Waals surface area contributed by atoms with Crippen LogP contribution in [0.25, 0.3) is 38.5 Å². The highest BCUT2D eigenvalue weighted by Crippen LogP contribution is 2.36. The minimum Gasteiger partial charge on any atom is -0.255 e. The highest BCUT2D eigenvalue weighted by atomic mass is 15.1. The summed E-state index contributed by atoms with van der Waals surface area (Å²) in [6.07, 6.45) is 4.09. The molecule has 0 radical (unpaired) electrons. The first-order valence-corrected chi connectivity index (χ1v) is 11.5. The van der Waals surface area contributed by atoms with E-state index >= 15 is 0 Å². The maximum atomic E-state index is 4.99. The van der Waals surface area contributed by atoms with E-state index in [0.717, 1.165) is 18.4 Å². The third kappa shape index (κ3) is 3.02. The first-order valence-electron chi connectivity index (χ1n) is 11.5. The quantitative estimate of drug-likeness (QED) is 0.251. The SMILES string of the molecule is Cc1ccnc2c3c(CC(C)C)ccc(CC(C)C)c3n3c4ccccc4[n+](C)c3c12. The molecule has 0 aliphatic heterocycles. The van der Waals surface area contributed by atoms with Gasteiger partial charge in [0.05, 0.1) is 23.3 Å². The fourth-order valence-corrected chi connectivity index (χ4v) is 5.26. The van der Waals surface area contributed by atoms with Gasteiger partial charge in [-0.05, 0) is 60.9 Å². The van der Waals surface area contributed by atoms with Crippen LogP contribution in [0.15, 0.2) is 48.7 Å². The summed E-state index contributed by atoms with van der Waals surface area (Å²) in [7, 11) is 2.19. The van der Waals surface area contributed by atoms with Gasteiger partial charge in [-0.1, -0.05) is 52.0 Å². The molecule has 0 N–H and O–H groups in total. The molecule has 0 atom stereocenters. The predicted octanol–water partition coefficient (Wildman–Crippen LogP) is 6.32. The molecule has 0 fully saturated rings. The average Bonchev–Trinajstić information content (AvgIpc) is 3.02. The third-order valence-corrected chi connectivity index (χ3v) is 6.46. The Morgan fingerprint density at radius 1 is 0.871 bits per heavy atom. The Hall–Kier alpha value is -2.94. The molecule has 31 heavy (non-hydrogen) atoms. The molecule has 0 aliphatic carbocycles. The standard InChI is InChI=1S/C28H32N3/c1-17(2)15-20-11-12-21(16-18(3)4)27-25(20)26-24(19(5)13-14-29-26)28-30(6)22-9-7-8-10-23(22)31(27)28/h7-14,17-18H,15-16H2,1-6H3/q+1. The number of fused-ring (bicyclic) bond motifs is 8. The third-order valence-electron chi connectivity index (χ3n) is 6.46. The summed E-state index contributed by atoms with van der Waals surface area (Å²) in [5.74, 6) is 1.18. The van der Waals surface area contributed by atoms with E-state index in [4.69, 9.17) is 4.98 Å². The van der Waals surface area contributed by atoms with Crippen molar-refractivity contribution in [2.45, 2.75) is 47.5 Å². The van der Waals surface area contributed by atoms with Crippen LogP contribution in [-0.2, 0) is 19.9 Å². The van der Waals surface area contributed by atoms with Crippen molar-refractivity contribution < 1.29 is 4.57 Å². The number of pyridine rings is 2. The van der Waals surface area contributed by atoms with E-state index in [1.54, 1.807) is 0 Å². The van der Waals surface area contributed by atoms with Gasteiger partial charge in [0.2, 0.25) is 0 Å². The zero-order chi connectivity index (χ0) is 21.9. The lowest BCUT2D eigenvalue weighted by Crippen LogP contribution is -2.27. The smallest absolute Gasteiger partial charge is 0.255 e. The summed E-state index contributed by atoms with van der Waals surface area (Å²) in [5.41, 5.74) is 10.3. The summed E-state index contributed by atoms with van der Waals surface area (Å²) in [5, 5.41) is 2.60. The second-order valence-electron chi connectivity index (χ2n) is 9.86. The molecular weight excluding hydrogens is 378 g/mol. The van der Waals surface area contributed by atoms with Crippen LogP contribution in [-0.4, -0.2) is 9.38 Å². The zero-order valence-corrected chi connectivity index (χ0v) is 19.5. The van der Waals surface area contributed by atoms with E-state index in [0.29, 0.717) is 11.8 Å². The number of hydrogen-bond acceptors (Lipinski definition) is 1. The van der Waals surface area contributed by atoms with Crippen LogP contribution in [0.2, 0.25) is 0 Å². The Morgan fingerprint density at radius 3 is 2.29 bits per heavy atom. The van der Waals surface area contributed by atoms with Gasteiger partial charge in [-0.3, -0.25) is 4.98 Å². The van der Waals surface area contributed by atoms with Gasteiger partial charge >= 0.3 is 0 Å². The number of nitrogens with zero attached hydrogens (tertiary/aromatic N) is 3. The highest BCUT2D eigenvalue weighted by molar-refractivity contribution is 6.13. The normalized spacial score (nSPS) is 12.4. The molecule has 2 aromatic carbocycles. The maximum absolute atomic E-state index is 4.99. The van der Waals surface area contributed by atoms with Gasteiger partial charge in [0.25, 0.3) is 5.65 Å². The second-order valence-corrected chi connectivity index (χ2v) is 9.86. The van der Waals surface area contributed by atoms with Crippen molar-refractivity contribution in [2.24, 2.45) is 18.9 Å². The summed E-state index contributed by atoms with van der Waals surface area (Å²) in [6, 6.07) is 15.7. The molecule has 3 heterocycles. The number of rotatable bonds is 4. The van der Waals surface area contributed by atoms with Crippen LogP contribution in [0.4, 0.5) is 0 Å². The summed E-state index contributed by atoms with van der Waals surface area (Å²) in [4.78, 5) is 4.99. The molecule has 5 aromatic rings. The Kier molecular flexibility index (Phi) is 4.73. The van der Waals surface area contributed by atoms with Crippen LogP contribution in [0, 0.1) is 18.8 Å². The Labute approximate surface area is 184 Å². The fourth-order valence-electron chi connectivity index (χ4n) is 5.26. The highest BCUT2D eigenvalue weighted by Gasteiger charge is 2.27. The van der Waals surface area contributed by atoms with Gasteiger partial charge in [0.15, 0.2) is 11.0 Å². The molecule has 0 amide bonds. The molecule has 158 valence electrons. The Morgan fingerprint density at radius 2 is 1.55 bits per heavy atom. The first kappa shape index (κ1) is 20.0. The predicted molar refractivity (Wildman–Crippen MR) is 131 cm³/mol. The van der Waals surface area contributed by atoms with Crippen LogP contribution < -0.4 is 4.57 Å². The minimum atomic E-state index is 0.589. The molecule has 3 heteroatoms. The monoisotopic (exact) mass is 410 g/mol. The molecule has 3 aromatic heterocycles. The molecule has 0 bridgehead atoms. The number of aryl methyl sites for hydroxylation is 2. The van der Waals surface area contributed by atoms with E-state index in [2.05, 4.69) is 93.1 Å². The van der Waals surface area contributed by atoms with Gasteiger partial charge in [0.1, 0.15) is 5.52 Å². The fraction of sp³-hybridized carbons (Fsp3) is 0.357. The van der Waals surface area contributed by atoms with E-state index in [9.17, 15) is 0 Å². The summed E-state index contributed by atoms with van der Waals surface area (Å²) >= 11 is 0. The lowest BCUT2D eigenvalue weighted by Gasteiger charge is -2.16. The summed E-state index contributed by atoms with van der Waals surface area (Å²) in [6.45, 7) is 11.4. The van der Waals surface area contributed by atoms with Crippen molar-refractivity contribution in [3.63, 3.8) is 0 Å². The molecular formula is C28H32N3+. The molecule has 0 aliphatic rings. The number of imidazole rings is 1. The van der Waals surface area contributed by atoms with Crippen LogP contribution >= 0.6 is 0 Å².